The third-order valence-corrected chi connectivity index (χ3v) is 4.72. The zero-order chi connectivity index (χ0) is 16.9. The lowest BCUT2D eigenvalue weighted by molar-refractivity contribution is 0.210. The highest BCUT2D eigenvalue weighted by molar-refractivity contribution is 7.48. The van der Waals surface area contributed by atoms with E-state index in [4.69, 9.17) is 18.3 Å². The lowest BCUT2D eigenvalue weighted by Gasteiger charge is -2.19. The van der Waals surface area contributed by atoms with E-state index in [1.54, 1.807) is 24.3 Å². The lowest BCUT2D eigenvalue weighted by Crippen LogP contribution is -2.08. The first kappa shape index (κ1) is 17.5. The van der Waals surface area contributed by atoms with Crippen LogP contribution in [0.15, 0.2) is 30.3 Å². The summed E-state index contributed by atoms with van der Waals surface area (Å²) < 4.78 is 33.0. The average molecular weight is 337 g/mol. The van der Waals surface area contributed by atoms with Gasteiger partial charge in [-0.3, -0.25) is 14.0 Å². The molecule has 23 heavy (non-hydrogen) atoms. The molecule has 0 atom stereocenters. The Morgan fingerprint density at radius 1 is 1.30 bits per heavy atom. The zero-order valence-corrected chi connectivity index (χ0v) is 14.2. The monoisotopic (exact) mass is 337 g/mol. The van der Waals surface area contributed by atoms with Crippen LogP contribution in [0, 0.1) is 0 Å². The fraction of sp³-hybridized carbons (Fsp3) is 0.312. The minimum atomic E-state index is -3.67. The van der Waals surface area contributed by atoms with Crippen molar-refractivity contribution in [2.75, 3.05) is 27.4 Å². The van der Waals surface area contributed by atoms with E-state index in [1.807, 2.05) is 0 Å². The van der Waals surface area contributed by atoms with Crippen molar-refractivity contribution in [1.29, 1.82) is 0 Å². The van der Waals surface area contributed by atoms with Crippen molar-refractivity contribution < 1.29 is 22.9 Å². The summed E-state index contributed by atoms with van der Waals surface area (Å²) in [6.07, 6.45) is 3.80. The van der Waals surface area contributed by atoms with E-state index < -0.39 is 7.82 Å². The molecule has 0 amide bonds. The van der Waals surface area contributed by atoms with Crippen LogP contribution in [-0.4, -0.2) is 33.3 Å². The van der Waals surface area contributed by atoms with Crippen molar-refractivity contribution in [3.05, 3.63) is 42.0 Å². The molecule has 1 aliphatic rings. The number of hydrogen-bond acceptors (Lipinski definition) is 6. The van der Waals surface area contributed by atoms with Crippen LogP contribution in [0.25, 0.3) is 12.2 Å². The summed E-state index contributed by atoms with van der Waals surface area (Å²) in [6.45, 7) is 8.82. The first-order valence-electron chi connectivity index (χ1n) is 7.05. The second-order valence-corrected chi connectivity index (χ2v) is 6.47. The average Bonchev–Trinajstić information content (AvgIpc) is 3.09. The highest BCUT2D eigenvalue weighted by Gasteiger charge is 2.27. The van der Waals surface area contributed by atoms with Gasteiger partial charge in [-0.2, -0.15) is 0 Å². The van der Waals surface area contributed by atoms with E-state index in [9.17, 15) is 4.57 Å². The quantitative estimate of drug-likeness (QED) is 0.676. The van der Waals surface area contributed by atoms with Gasteiger partial charge in [-0.15, -0.1) is 0 Å². The van der Waals surface area contributed by atoms with Crippen LogP contribution in [0.5, 0.6) is 5.75 Å². The molecule has 0 spiro atoms. The second-order valence-electron chi connectivity index (χ2n) is 4.66. The fourth-order valence-corrected chi connectivity index (χ4v) is 2.97. The number of hydrogen-bond donors (Lipinski definition) is 0. The Hall–Kier alpha value is -1.88. The lowest BCUT2D eigenvalue weighted by atomic mass is 9.97. The maximum atomic E-state index is 12.3. The number of phosphoric acid groups is 1. The molecule has 0 radical (unpaired) electrons. The molecule has 2 rings (SSSR count). The van der Waals surface area contributed by atoms with Crippen LogP contribution in [-0.2, 0) is 24.8 Å². The van der Waals surface area contributed by atoms with Crippen molar-refractivity contribution in [2.24, 2.45) is 4.99 Å². The third kappa shape index (κ3) is 3.91. The molecule has 6 nitrogen and oxygen atoms in total. The van der Waals surface area contributed by atoms with Crippen molar-refractivity contribution in [1.82, 2.24) is 0 Å². The molecule has 1 heterocycles. The highest BCUT2D eigenvalue weighted by Crippen LogP contribution is 2.49. The van der Waals surface area contributed by atoms with Gasteiger partial charge in [0.1, 0.15) is 12.4 Å². The fourth-order valence-electron chi connectivity index (χ4n) is 2.26. The van der Waals surface area contributed by atoms with E-state index in [-0.39, 0.29) is 0 Å². The Balaban J connectivity index is 2.49. The third-order valence-electron chi connectivity index (χ3n) is 3.41. The van der Waals surface area contributed by atoms with Crippen molar-refractivity contribution in [2.45, 2.75) is 6.42 Å². The Kier molecular flexibility index (Phi) is 5.77. The van der Waals surface area contributed by atoms with Gasteiger partial charge in [-0.1, -0.05) is 31.4 Å². The number of rotatable bonds is 8. The van der Waals surface area contributed by atoms with Gasteiger partial charge in [-0.05, 0) is 17.2 Å². The molecule has 124 valence electrons. The summed E-state index contributed by atoms with van der Waals surface area (Å²) in [5, 5.41) is 0. The standard InChI is InChI=1S/C16H20NO5P/c1-5-12-7-8-15(22-23(18,19-3)20-4)14(13(12)6-2)11-16-17-9-10-21-16/h5-8H,1-2,9-11H2,3-4H3. The maximum Gasteiger partial charge on any atom is 0.529 e. The minimum absolute atomic E-state index is 0.371. The summed E-state index contributed by atoms with van der Waals surface area (Å²) in [6, 6.07) is 3.50. The number of ether oxygens (including phenoxy) is 1. The van der Waals surface area contributed by atoms with E-state index >= 15 is 0 Å². The molecule has 1 aromatic rings. The van der Waals surface area contributed by atoms with E-state index in [2.05, 4.69) is 18.2 Å². The molecule has 7 heteroatoms. The van der Waals surface area contributed by atoms with E-state index in [0.717, 1.165) is 16.7 Å². The highest BCUT2D eigenvalue weighted by atomic mass is 31.2. The summed E-state index contributed by atoms with van der Waals surface area (Å²) >= 11 is 0. The molecular formula is C16H20NO5P. The van der Waals surface area contributed by atoms with Gasteiger partial charge in [0.05, 0.1) is 13.0 Å². The summed E-state index contributed by atoms with van der Waals surface area (Å²) in [5.41, 5.74) is 2.44. The molecule has 0 saturated heterocycles. The van der Waals surface area contributed by atoms with Crippen LogP contribution < -0.4 is 4.52 Å². The molecule has 1 aliphatic heterocycles. The Morgan fingerprint density at radius 3 is 2.57 bits per heavy atom. The molecule has 0 N–H and O–H groups in total. The van der Waals surface area contributed by atoms with Crippen LogP contribution >= 0.6 is 7.82 Å². The largest absolute Gasteiger partial charge is 0.529 e. The Morgan fingerprint density at radius 2 is 2.04 bits per heavy atom. The predicted octanol–water partition coefficient (Wildman–Crippen LogP) is 3.72. The maximum absolute atomic E-state index is 12.3. The number of benzene rings is 1. The van der Waals surface area contributed by atoms with E-state index in [0.29, 0.717) is 31.2 Å². The van der Waals surface area contributed by atoms with Gasteiger partial charge in [0.25, 0.3) is 0 Å². The van der Waals surface area contributed by atoms with Crippen molar-refractivity contribution >= 4 is 25.9 Å². The van der Waals surface area contributed by atoms with Gasteiger partial charge in [0, 0.05) is 19.8 Å². The Labute approximate surface area is 136 Å². The van der Waals surface area contributed by atoms with Gasteiger partial charge < -0.3 is 9.26 Å². The van der Waals surface area contributed by atoms with Gasteiger partial charge in [-0.25, -0.2) is 4.57 Å². The molecule has 0 aromatic heterocycles. The van der Waals surface area contributed by atoms with Crippen molar-refractivity contribution in [3.8, 4) is 5.75 Å². The molecule has 1 aromatic carbocycles. The van der Waals surface area contributed by atoms with Gasteiger partial charge in [0.15, 0.2) is 5.90 Å². The van der Waals surface area contributed by atoms with Crippen LogP contribution in [0.2, 0.25) is 0 Å². The second kappa shape index (κ2) is 7.59. The smallest absolute Gasteiger partial charge is 0.479 e. The summed E-state index contributed by atoms with van der Waals surface area (Å²) in [7, 11) is -1.14. The van der Waals surface area contributed by atoms with Crippen LogP contribution in [0.4, 0.5) is 0 Å². The molecule has 0 saturated carbocycles. The summed E-state index contributed by atoms with van der Waals surface area (Å²) in [4.78, 5) is 4.29. The molecule has 0 bridgehead atoms. The van der Waals surface area contributed by atoms with Crippen LogP contribution in [0.3, 0.4) is 0 Å². The number of nitrogens with zero attached hydrogens (tertiary/aromatic N) is 1. The zero-order valence-electron chi connectivity index (χ0n) is 13.3. The normalized spacial score (nSPS) is 14.1. The van der Waals surface area contributed by atoms with E-state index in [1.165, 1.54) is 14.2 Å². The van der Waals surface area contributed by atoms with Gasteiger partial charge >= 0.3 is 7.82 Å². The number of aliphatic imine (C=N–C) groups is 1. The molecule has 0 unspecified atom stereocenters. The predicted molar refractivity (Wildman–Crippen MR) is 90.8 cm³/mol. The number of phosphoric ester groups is 1. The van der Waals surface area contributed by atoms with Crippen LogP contribution in [0.1, 0.15) is 16.7 Å². The first-order valence-corrected chi connectivity index (χ1v) is 8.51. The van der Waals surface area contributed by atoms with Gasteiger partial charge in [0.2, 0.25) is 0 Å². The molecular weight excluding hydrogens is 317 g/mol. The molecule has 0 fully saturated rings. The topological polar surface area (TPSA) is 66.4 Å². The first-order chi connectivity index (χ1) is 11.1. The Bertz CT molecular complexity index is 675. The SMILES string of the molecule is C=Cc1ccc(OP(=O)(OC)OC)c(CC2=NCCO2)c1C=C. The van der Waals surface area contributed by atoms with Crippen molar-refractivity contribution in [3.63, 3.8) is 0 Å². The minimum Gasteiger partial charge on any atom is -0.479 e. The molecule has 0 aliphatic carbocycles. The summed E-state index contributed by atoms with van der Waals surface area (Å²) in [5.74, 6) is 0.972.